The molecule has 2 aromatic heterocycles. The Morgan fingerprint density at radius 3 is 2.69 bits per heavy atom. The SMILES string of the molecule is Cc1nc(-c2ccccc2)sc1C(C)N(C)C(=O)c1n[nH]c2c1CNCC2.Cl.Cl. The van der Waals surface area contributed by atoms with Gasteiger partial charge in [0.2, 0.25) is 0 Å². The average molecular weight is 454 g/mol. The van der Waals surface area contributed by atoms with Gasteiger partial charge in [0.25, 0.3) is 5.91 Å². The van der Waals surface area contributed by atoms with Crippen molar-refractivity contribution in [1.82, 2.24) is 25.4 Å². The number of aryl methyl sites for hydroxylation is 1. The molecule has 0 spiro atoms. The first-order chi connectivity index (χ1) is 13.1. The standard InChI is InChI=1S/C20H23N5OS.2ClH/c1-12-18(27-19(22-12)14-7-5-4-6-8-14)13(2)25(3)20(26)17-15-11-21-10-9-16(15)23-24-17;;/h4-8,13,21H,9-11H2,1-3H3,(H,23,24);2*1H. The summed E-state index contributed by atoms with van der Waals surface area (Å²) in [7, 11) is 1.84. The summed E-state index contributed by atoms with van der Waals surface area (Å²) in [5.41, 5.74) is 4.66. The van der Waals surface area contributed by atoms with E-state index in [0.29, 0.717) is 12.2 Å². The summed E-state index contributed by atoms with van der Waals surface area (Å²) >= 11 is 1.65. The molecule has 1 amide bonds. The van der Waals surface area contributed by atoms with Gasteiger partial charge in [-0.15, -0.1) is 36.2 Å². The van der Waals surface area contributed by atoms with Gasteiger partial charge in [-0.1, -0.05) is 30.3 Å². The minimum absolute atomic E-state index is 0. The van der Waals surface area contributed by atoms with Crippen LogP contribution < -0.4 is 5.32 Å². The van der Waals surface area contributed by atoms with E-state index in [1.54, 1.807) is 16.2 Å². The van der Waals surface area contributed by atoms with E-state index < -0.39 is 0 Å². The number of hydrogen-bond acceptors (Lipinski definition) is 5. The molecule has 0 aliphatic carbocycles. The third-order valence-electron chi connectivity index (χ3n) is 5.14. The molecule has 3 aromatic rings. The highest BCUT2D eigenvalue weighted by atomic mass is 35.5. The third-order valence-corrected chi connectivity index (χ3v) is 6.52. The van der Waals surface area contributed by atoms with Gasteiger partial charge in [0, 0.05) is 43.4 Å². The topological polar surface area (TPSA) is 73.9 Å². The van der Waals surface area contributed by atoms with Gasteiger partial charge in [-0.2, -0.15) is 5.10 Å². The van der Waals surface area contributed by atoms with Crippen LogP contribution in [0.2, 0.25) is 0 Å². The number of H-pyrrole nitrogens is 1. The molecule has 3 heterocycles. The third kappa shape index (κ3) is 4.48. The predicted molar refractivity (Wildman–Crippen MR) is 121 cm³/mol. The highest BCUT2D eigenvalue weighted by molar-refractivity contribution is 7.15. The number of hydrogen-bond donors (Lipinski definition) is 2. The van der Waals surface area contributed by atoms with E-state index >= 15 is 0 Å². The first kappa shape index (κ1) is 23.3. The molecule has 1 unspecified atom stereocenters. The van der Waals surface area contributed by atoms with Crippen LogP contribution in [-0.4, -0.2) is 39.6 Å². The van der Waals surface area contributed by atoms with Crippen molar-refractivity contribution >= 4 is 42.1 Å². The van der Waals surface area contributed by atoms with E-state index in [1.165, 1.54) is 0 Å². The van der Waals surface area contributed by atoms with Gasteiger partial charge in [-0.3, -0.25) is 9.89 Å². The maximum absolute atomic E-state index is 13.1. The van der Waals surface area contributed by atoms with Crippen LogP contribution in [0.15, 0.2) is 30.3 Å². The van der Waals surface area contributed by atoms with Crippen molar-refractivity contribution < 1.29 is 4.79 Å². The molecule has 0 saturated heterocycles. The zero-order valence-corrected chi connectivity index (χ0v) is 19.0. The lowest BCUT2D eigenvalue weighted by atomic mass is 10.1. The van der Waals surface area contributed by atoms with E-state index in [9.17, 15) is 4.79 Å². The summed E-state index contributed by atoms with van der Waals surface area (Å²) in [5.74, 6) is -0.0576. The van der Waals surface area contributed by atoms with Gasteiger partial charge in [0.05, 0.1) is 16.6 Å². The van der Waals surface area contributed by atoms with E-state index in [0.717, 1.165) is 45.4 Å². The summed E-state index contributed by atoms with van der Waals surface area (Å²) in [5, 5.41) is 11.6. The fourth-order valence-electron chi connectivity index (χ4n) is 3.42. The molecule has 0 fully saturated rings. The van der Waals surface area contributed by atoms with Crippen LogP contribution >= 0.6 is 36.2 Å². The fraction of sp³-hybridized carbons (Fsp3) is 0.350. The van der Waals surface area contributed by atoms with Gasteiger partial charge < -0.3 is 10.2 Å². The molecule has 156 valence electrons. The quantitative estimate of drug-likeness (QED) is 0.621. The summed E-state index contributed by atoms with van der Waals surface area (Å²) in [6.45, 7) is 5.65. The number of fused-ring (bicyclic) bond motifs is 1. The lowest BCUT2D eigenvalue weighted by Gasteiger charge is -2.24. The number of nitrogens with one attached hydrogen (secondary N) is 2. The molecule has 0 radical (unpaired) electrons. The van der Waals surface area contributed by atoms with Crippen molar-refractivity contribution in [2.24, 2.45) is 0 Å². The van der Waals surface area contributed by atoms with Crippen molar-refractivity contribution in [2.75, 3.05) is 13.6 Å². The second kappa shape index (κ2) is 9.71. The molecular formula is C20H25Cl2N5OS. The molecule has 1 aliphatic heterocycles. The number of aromatic amines is 1. The zero-order valence-electron chi connectivity index (χ0n) is 16.6. The Morgan fingerprint density at radius 1 is 1.24 bits per heavy atom. The molecule has 29 heavy (non-hydrogen) atoms. The Labute approximate surface area is 186 Å². The lowest BCUT2D eigenvalue weighted by Crippen LogP contribution is -2.32. The summed E-state index contributed by atoms with van der Waals surface area (Å²) < 4.78 is 0. The van der Waals surface area contributed by atoms with Gasteiger partial charge >= 0.3 is 0 Å². The van der Waals surface area contributed by atoms with Crippen molar-refractivity contribution in [2.45, 2.75) is 32.9 Å². The number of aromatic nitrogens is 3. The Kier molecular flexibility index (Phi) is 7.82. The first-order valence-electron chi connectivity index (χ1n) is 9.13. The minimum atomic E-state index is -0.0728. The van der Waals surface area contributed by atoms with Crippen LogP contribution in [0.25, 0.3) is 10.6 Å². The molecule has 0 bridgehead atoms. The van der Waals surface area contributed by atoms with E-state index in [2.05, 4.69) is 27.6 Å². The van der Waals surface area contributed by atoms with E-state index in [4.69, 9.17) is 4.98 Å². The zero-order chi connectivity index (χ0) is 19.0. The Morgan fingerprint density at radius 2 is 1.97 bits per heavy atom. The molecule has 1 atom stereocenters. The van der Waals surface area contributed by atoms with Crippen LogP contribution in [0.5, 0.6) is 0 Å². The van der Waals surface area contributed by atoms with Crippen molar-refractivity contribution in [3.63, 3.8) is 0 Å². The minimum Gasteiger partial charge on any atom is -0.333 e. The van der Waals surface area contributed by atoms with Crippen LogP contribution in [-0.2, 0) is 13.0 Å². The van der Waals surface area contributed by atoms with Crippen molar-refractivity contribution in [3.8, 4) is 10.6 Å². The molecule has 0 saturated carbocycles. The van der Waals surface area contributed by atoms with Gasteiger partial charge in [-0.05, 0) is 13.8 Å². The monoisotopic (exact) mass is 453 g/mol. The summed E-state index contributed by atoms with van der Waals surface area (Å²) in [6, 6.07) is 10.1. The molecule has 6 nitrogen and oxygen atoms in total. The maximum Gasteiger partial charge on any atom is 0.274 e. The molecule has 4 rings (SSSR count). The van der Waals surface area contributed by atoms with Crippen LogP contribution in [0.4, 0.5) is 0 Å². The summed E-state index contributed by atoms with van der Waals surface area (Å²) in [4.78, 5) is 20.7. The molecular weight excluding hydrogens is 429 g/mol. The largest absolute Gasteiger partial charge is 0.333 e. The number of nitrogens with zero attached hydrogens (tertiary/aromatic N) is 3. The number of carbonyl (C=O) groups excluding carboxylic acids is 1. The molecule has 1 aliphatic rings. The number of benzene rings is 1. The average Bonchev–Trinajstić information content (AvgIpc) is 3.30. The highest BCUT2D eigenvalue weighted by Gasteiger charge is 2.28. The smallest absolute Gasteiger partial charge is 0.274 e. The number of halogens is 2. The van der Waals surface area contributed by atoms with Gasteiger partial charge in [0.1, 0.15) is 5.01 Å². The van der Waals surface area contributed by atoms with Gasteiger partial charge in [0.15, 0.2) is 5.69 Å². The Hall–Kier alpha value is -1.93. The Balaban J connectivity index is 0.00000150. The molecule has 9 heteroatoms. The second-order valence-corrected chi connectivity index (χ2v) is 7.91. The second-order valence-electron chi connectivity index (χ2n) is 6.88. The maximum atomic E-state index is 13.1. The predicted octanol–water partition coefficient (Wildman–Crippen LogP) is 4.16. The van der Waals surface area contributed by atoms with E-state index in [-0.39, 0.29) is 36.8 Å². The lowest BCUT2D eigenvalue weighted by molar-refractivity contribution is 0.0737. The number of rotatable bonds is 4. The number of carbonyl (C=O) groups is 1. The van der Waals surface area contributed by atoms with Crippen molar-refractivity contribution in [1.29, 1.82) is 0 Å². The van der Waals surface area contributed by atoms with Crippen molar-refractivity contribution in [3.05, 3.63) is 57.9 Å². The van der Waals surface area contributed by atoms with Crippen LogP contribution in [0.1, 0.15) is 45.3 Å². The highest BCUT2D eigenvalue weighted by Crippen LogP contribution is 2.34. The first-order valence-corrected chi connectivity index (χ1v) is 9.94. The normalized spacial score (nSPS) is 13.6. The molecule has 1 aromatic carbocycles. The Bertz CT molecular complexity index is 973. The fourth-order valence-corrected chi connectivity index (χ4v) is 4.59. The van der Waals surface area contributed by atoms with Crippen LogP contribution in [0, 0.1) is 6.92 Å². The number of amides is 1. The number of thiazole rings is 1. The van der Waals surface area contributed by atoms with E-state index in [1.807, 2.05) is 39.1 Å². The van der Waals surface area contributed by atoms with Gasteiger partial charge in [-0.25, -0.2) is 4.98 Å². The summed E-state index contributed by atoms with van der Waals surface area (Å²) in [6.07, 6.45) is 0.878. The van der Waals surface area contributed by atoms with Crippen LogP contribution in [0.3, 0.4) is 0 Å². The molecule has 2 N–H and O–H groups in total.